The molecule has 0 amide bonds. The van der Waals surface area contributed by atoms with Gasteiger partial charge in [-0.2, -0.15) is 5.10 Å². The fourth-order valence-electron chi connectivity index (χ4n) is 1.51. The van der Waals surface area contributed by atoms with Gasteiger partial charge in [-0.15, -0.1) is 0 Å². The molecular weight excluding hydrogens is 224 g/mol. The number of carbonyl (C=O) groups excluding carboxylic acids is 1. The van der Waals surface area contributed by atoms with E-state index < -0.39 is 0 Å². The minimum atomic E-state index is -0.0869. The molecular formula is C12H11ClN2O. The van der Waals surface area contributed by atoms with Gasteiger partial charge in [0.15, 0.2) is 5.78 Å². The molecule has 0 aliphatic rings. The summed E-state index contributed by atoms with van der Waals surface area (Å²) in [4.78, 5) is 12.2. The van der Waals surface area contributed by atoms with Gasteiger partial charge >= 0.3 is 0 Å². The van der Waals surface area contributed by atoms with E-state index in [2.05, 4.69) is 5.10 Å². The first kappa shape index (κ1) is 10.9. The van der Waals surface area contributed by atoms with Crippen LogP contribution in [0.5, 0.6) is 0 Å². The van der Waals surface area contributed by atoms with E-state index in [9.17, 15) is 4.79 Å². The van der Waals surface area contributed by atoms with Gasteiger partial charge in [-0.3, -0.25) is 9.48 Å². The van der Waals surface area contributed by atoms with E-state index >= 15 is 0 Å². The van der Waals surface area contributed by atoms with Crippen molar-refractivity contribution in [2.24, 2.45) is 7.05 Å². The molecule has 0 saturated heterocycles. The number of carbonyl (C=O) groups is 1. The maximum atomic E-state index is 12.2. The number of ketones is 1. The second kappa shape index (κ2) is 4.10. The number of benzene rings is 1. The van der Waals surface area contributed by atoms with Crippen molar-refractivity contribution in [2.75, 3.05) is 0 Å². The maximum Gasteiger partial charge on any atom is 0.197 e. The van der Waals surface area contributed by atoms with Gasteiger partial charge in [0.1, 0.15) is 0 Å². The molecule has 1 aromatic carbocycles. The van der Waals surface area contributed by atoms with Crippen LogP contribution in [-0.4, -0.2) is 15.6 Å². The third-order valence-electron chi connectivity index (χ3n) is 2.60. The molecule has 0 unspecified atom stereocenters. The summed E-state index contributed by atoms with van der Waals surface area (Å²) in [5, 5.41) is 4.51. The van der Waals surface area contributed by atoms with Gasteiger partial charge in [0.05, 0.1) is 16.8 Å². The topological polar surface area (TPSA) is 34.9 Å². The number of halogens is 1. The Labute approximate surface area is 98.7 Å². The molecule has 4 heteroatoms. The third-order valence-corrected chi connectivity index (χ3v) is 2.93. The highest BCUT2D eigenvalue weighted by molar-refractivity contribution is 6.35. The fraction of sp³-hybridized carbons (Fsp3) is 0.167. The zero-order valence-electron chi connectivity index (χ0n) is 9.07. The Hall–Kier alpha value is -1.61. The van der Waals surface area contributed by atoms with Gasteiger partial charge in [0.2, 0.25) is 0 Å². The molecule has 82 valence electrons. The molecule has 0 radical (unpaired) electrons. The van der Waals surface area contributed by atoms with Crippen molar-refractivity contribution in [3.8, 4) is 0 Å². The summed E-state index contributed by atoms with van der Waals surface area (Å²) in [6.07, 6.45) is 1.57. The predicted molar refractivity (Wildman–Crippen MR) is 62.8 cm³/mol. The minimum absolute atomic E-state index is 0.0869. The Kier molecular flexibility index (Phi) is 2.79. The average Bonchev–Trinajstić information content (AvgIpc) is 2.60. The van der Waals surface area contributed by atoms with Crippen LogP contribution in [0, 0.1) is 6.92 Å². The lowest BCUT2D eigenvalue weighted by molar-refractivity contribution is 0.103. The molecule has 1 heterocycles. The first-order valence-electron chi connectivity index (χ1n) is 4.89. The zero-order valence-corrected chi connectivity index (χ0v) is 9.82. The Morgan fingerprint density at radius 1 is 1.31 bits per heavy atom. The van der Waals surface area contributed by atoms with Crippen LogP contribution < -0.4 is 0 Å². The molecule has 16 heavy (non-hydrogen) atoms. The van der Waals surface area contributed by atoms with E-state index in [1.54, 1.807) is 42.2 Å². The second-order valence-corrected chi connectivity index (χ2v) is 3.98. The van der Waals surface area contributed by atoms with E-state index in [1.807, 2.05) is 6.92 Å². The Bertz CT molecular complexity index is 546. The van der Waals surface area contributed by atoms with E-state index in [0.29, 0.717) is 16.1 Å². The van der Waals surface area contributed by atoms with Crippen molar-refractivity contribution in [3.05, 3.63) is 52.3 Å². The van der Waals surface area contributed by atoms with Gasteiger partial charge in [-0.25, -0.2) is 0 Å². The van der Waals surface area contributed by atoms with Crippen LogP contribution in [0.4, 0.5) is 0 Å². The molecule has 0 aliphatic carbocycles. The molecule has 0 bridgehead atoms. The highest BCUT2D eigenvalue weighted by Gasteiger charge is 2.16. The van der Waals surface area contributed by atoms with E-state index in [-0.39, 0.29) is 5.78 Å². The van der Waals surface area contributed by atoms with E-state index in [4.69, 9.17) is 11.6 Å². The summed E-state index contributed by atoms with van der Waals surface area (Å²) >= 11 is 5.98. The van der Waals surface area contributed by atoms with Crippen molar-refractivity contribution < 1.29 is 4.79 Å². The molecule has 0 N–H and O–H groups in total. The smallest absolute Gasteiger partial charge is 0.197 e. The van der Waals surface area contributed by atoms with Crippen molar-refractivity contribution in [1.29, 1.82) is 0 Å². The summed E-state index contributed by atoms with van der Waals surface area (Å²) < 4.78 is 1.67. The number of rotatable bonds is 2. The number of aryl methyl sites for hydroxylation is 1. The van der Waals surface area contributed by atoms with Gasteiger partial charge in [0.25, 0.3) is 0 Å². The monoisotopic (exact) mass is 234 g/mol. The first-order valence-corrected chi connectivity index (χ1v) is 5.27. The summed E-state index contributed by atoms with van der Waals surface area (Å²) in [5.74, 6) is -0.0869. The minimum Gasteiger partial charge on any atom is -0.288 e. The molecule has 0 spiro atoms. The second-order valence-electron chi connectivity index (χ2n) is 3.58. The normalized spacial score (nSPS) is 10.4. The number of hydrogen-bond donors (Lipinski definition) is 0. The average molecular weight is 235 g/mol. The van der Waals surface area contributed by atoms with Crippen LogP contribution in [-0.2, 0) is 7.05 Å². The summed E-state index contributed by atoms with van der Waals surface area (Å²) in [5.41, 5.74) is 1.95. The van der Waals surface area contributed by atoms with Gasteiger partial charge in [0, 0.05) is 18.3 Å². The Balaban J connectivity index is 2.48. The summed E-state index contributed by atoms with van der Waals surface area (Å²) in [6.45, 7) is 1.86. The molecule has 0 aliphatic heterocycles. The lowest BCUT2D eigenvalue weighted by Gasteiger charge is -2.02. The number of nitrogens with zero attached hydrogens (tertiary/aromatic N) is 2. The zero-order chi connectivity index (χ0) is 11.7. The molecule has 2 rings (SSSR count). The molecule has 2 aromatic rings. The van der Waals surface area contributed by atoms with Crippen LogP contribution >= 0.6 is 11.6 Å². The molecule has 1 aromatic heterocycles. The Morgan fingerprint density at radius 2 is 2.00 bits per heavy atom. The quantitative estimate of drug-likeness (QED) is 0.749. The van der Waals surface area contributed by atoms with Crippen LogP contribution in [0.25, 0.3) is 0 Å². The largest absolute Gasteiger partial charge is 0.288 e. The maximum absolute atomic E-state index is 12.2. The number of hydrogen-bond acceptors (Lipinski definition) is 2. The standard InChI is InChI=1S/C12H11ClN2O/c1-8-10(7-14-15(8)2)12(16)9-5-3-4-6-11(9)13/h3-7H,1-2H3. The van der Waals surface area contributed by atoms with Crippen LogP contribution in [0.3, 0.4) is 0 Å². The lowest BCUT2D eigenvalue weighted by Crippen LogP contribution is -2.04. The van der Waals surface area contributed by atoms with Gasteiger partial charge < -0.3 is 0 Å². The third kappa shape index (κ3) is 1.74. The Morgan fingerprint density at radius 3 is 2.56 bits per heavy atom. The highest BCUT2D eigenvalue weighted by Crippen LogP contribution is 2.20. The van der Waals surface area contributed by atoms with Gasteiger partial charge in [-0.05, 0) is 19.1 Å². The summed E-state index contributed by atoms with van der Waals surface area (Å²) in [7, 11) is 1.80. The molecule has 0 saturated carbocycles. The SMILES string of the molecule is Cc1c(C(=O)c2ccccc2Cl)cnn1C. The molecule has 3 nitrogen and oxygen atoms in total. The fourth-order valence-corrected chi connectivity index (χ4v) is 1.73. The van der Waals surface area contributed by atoms with E-state index in [0.717, 1.165) is 5.69 Å². The van der Waals surface area contributed by atoms with Crippen molar-refractivity contribution in [3.63, 3.8) is 0 Å². The van der Waals surface area contributed by atoms with Crippen molar-refractivity contribution >= 4 is 17.4 Å². The lowest BCUT2D eigenvalue weighted by atomic mass is 10.0. The van der Waals surface area contributed by atoms with Crippen LogP contribution in [0.2, 0.25) is 5.02 Å². The van der Waals surface area contributed by atoms with Crippen molar-refractivity contribution in [1.82, 2.24) is 9.78 Å². The van der Waals surface area contributed by atoms with Crippen LogP contribution in [0.15, 0.2) is 30.5 Å². The van der Waals surface area contributed by atoms with Crippen LogP contribution in [0.1, 0.15) is 21.6 Å². The highest BCUT2D eigenvalue weighted by atomic mass is 35.5. The van der Waals surface area contributed by atoms with Crippen molar-refractivity contribution in [2.45, 2.75) is 6.92 Å². The molecule has 0 fully saturated rings. The summed E-state index contributed by atoms with van der Waals surface area (Å²) in [6, 6.07) is 7.03. The molecule has 0 atom stereocenters. The van der Waals surface area contributed by atoms with E-state index in [1.165, 1.54) is 0 Å². The predicted octanol–water partition coefficient (Wildman–Crippen LogP) is 2.61. The first-order chi connectivity index (χ1) is 7.61. The van der Waals surface area contributed by atoms with Gasteiger partial charge in [-0.1, -0.05) is 23.7 Å². The number of aromatic nitrogens is 2.